The number of anilines is 3. The summed E-state index contributed by atoms with van der Waals surface area (Å²) in [6, 6.07) is 7.47. The molecule has 0 spiro atoms. The summed E-state index contributed by atoms with van der Waals surface area (Å²) in [5, 5.41) is 15.1. The second-order valence-corrected chi connectivity index (χ2v) is 7.75. The molecule has 0 radical (unpaired) electrons. The Kier molecular flexibility index (Phi) is 5.12. The van der Waals surface area contributed by atoms with Gasteiger partial charge in [-0.15, -0.1) is 0 Å². The van der Waals surface area contributed by atoms with Crippen LogP contribution in [0.2, 0.25) is 5.02 Å². The Morgan fingerprint density at radius 2 is 2.04 bits per heavy atom. The highest BCUT2D eigenvalue weighted by Gasteiger charge is 2.35. The van der Waals surface area contributed by atoms with E-state index >= 15 is 0 Å². The van der Waals surface area contributed by atoms with E-state index in [2.05, 4.69) is 10.3 Å². The molecular weight excluding hydrogens is 376 g/mol. The summed E-state index contributed by atoms with van der Waals surface area (Å²) in [4.78, 5) is 15.8. The molecule has 1 saturated carbocycles. The molecule has 7 nitrogen and oxygen atoms in total. The van der Waals surface area contributed by atoms with Crippen molar-refractivity contribution in [2.45, 2.75) is 51.3 Å². The molecule has 0 aliphatic heterocycles. The number of benzene rings is 1. The summed E-state index contributed by atoms with van der Waals surface area (Å²) in [5.74, 6) is 1.08. The molecule has 0 unspecified atom stereocenters. The molecule has 1 aliphatic carbocycles. The molecule has 8 heteroatoms. The molecule has 2 aromatic heterocycles. The molecule has 28 heavy (non-hydrogen) atoms. The first-order chi connectivity index (χ1) is 13.5. The van der Waals surface area contributed by atoms with Gasteiger partial charge >= 0.3 is 0 Å². The third kappa shape index (κ3) is 3.52. The van der Waals surface area contributed by atoms with Crippen LogP contribution in [0.4, 0.5) is 17.5 Å². The number of fused-ring (bicyclic) bond motifs is 1. The van der Waals surface area contributed by atoms with Gasteiger partial charge in [-0.3, -0.25) is 0 Å². The Bertz CT molecular complexity index is 982. The largest absolute Gasteiger partial charge is 0.371 e. The number of aromatic nitrogens is 4. The number of aliphatic hydroxyl groups is 1. The summed E-state index contributed by atoms with van der Waals surface area (Å²) >= 11 is 6.12. The monoisotopic (exact) mass is 400 g/mol. The van der Waals surface area contributed by atoms with Crippen molar-refractivity contribution in [3.63, 3.8) is 0 Å². The number of nitrogens with zero attached hydrogens (tertiary/aromatic N) is 5. The molecule has 2 N–H and O–H groups in total. The average Bonchev–Trinajstić information content (AvgIpc) is 3.11. The molecular formula is C20H25ClN6O. The van der Waals surface area contributed by atoms with Crippen LogP contribution in [0.5, 0.6) is 0 Å². The molecule has 2 heterocycles. The lowest BCUT2D eigenvalue weighted by Gasteiger charge is -2.40. The van der Waals surface area contributed by atoms with Gasteiger partial charge in [0.15, 0.2) is 17.0 Å². The van der Waals surface area contributed by atoms with Gasteiger partial charge in [-0.1, -0.05) is 24.1 Å². The number of aryl methyl sites for hydroxylation is 1. The summed E-state index contributed by atoms with van der Waals surface area (Å²) in [6.07, 6.45) is 6.36. The Balaban J connectivity index is 1.78. The summed E-state index contributed by atoms with van der Waals surface area (Å²) in [5.41, 5.74) is 1.33. The van der Waals surface area contributed by atoms with Crippen molar-refractivity contribution in [2.75, 3.05) is 17.3 Å². The van der Waals surface area contributed by atoms with Crippen LogP contribution < -0.4 is 10.2 Å². The zero-order valence-corrected chi connectivity index (χ0v) is 16.9. The van der Waals surface area contributed by atoms with Crippen molar-refractivity contribution in [3.8, 4) is 0 Å². The summed E-state index contributed by atoms with van der Waals surface area (Å²) in [6.45, 7) is 2.79. The first-order valence-electron chi connectivity index (χ1n) is 9.72. The smallest absolute Gasteiger partial charge is 0.231 e. The van der Waals surface area contributed by atoms with E-state index in [1.165, 1.54) is 0 Å². The SMILES string of the molecule is CCn1cnc2c(Nc3cccc(Cl)c3)nc(N(C)C3(O)CCCCC3)nc21. The summed E-state index contributed by atoms with van der Waals surface area (Å²) < 4.78 is 1.97. The third-order valence-electron chi connectivity index (χ3n) is 5.46. The van der Waals surface area contributed by atoms with E-state index in [0.29, 0.717) is 22.3 Å². The molecule has 0 bridgehead atoms. The Hall–Kier alpha value is -2.38. The van der Waals surface area contributed by atoms with Gasteiger partial charge in [-0.05, 0) is 50.8 Å². The topological polar surface area (TPSA) is 79.1 Å². The highest BCUT2D eigenvalue weighted by Crippen LogP contribution is 2.34. The van der Waals surface area contributed by atoms with Crippen molar-refractivity contribution in [1.82, 2.24) is 19.5 Å². The quantitative estimate of drug-likeness (QED) is 0.620. The Morgan fingerprint density at radius 3 is 2.75 bits per heavy atom. The van der Waals surface area contributed by atoms with Gasteiger partial charge in [0, 0.05) is 24.3 Å². The molecule has 1 aromatic carbocycles. The van der Waals surface area contributed by atoms with Crippen LogP contribution in [0, 0.1) is 0 Å². The minimum absolute atomic E-state index is 0.483. The van der Waals surface area contributed by atoms with Gasteiger partial charge < -0.3 is 19.9 Å². The van der Waals surface area contributed by atoms with Crippen LogP contribution >= 0.6 is 11.6 Å². The maximum absolute atomic E-state index is 11.1. The van der Waals surface area contributed by atoms with Gasteiger partial charge in [-0.25, -0.2) is 4.98 Å². The highest BCUT2D eigenvalue weighted by molar-refractivity contribution is 6.30. The minimum atomic E-state index is -0.920. The number of halogens is 1. The van der Waals surface area contributed by atoms with Crippen LogP contribution in [0.15, 0.2) is 30.6 Å². The second-order valence-electron chi connectivity index (χ2n) is 7.31. The number of hydrogen-bond donors (Lipinski definition) is 2. The Morgan fingerprint density at radius 1 is 1.25 bits per heavy atom. The molecule has 1 fully saturated rings. The zero-order chi connectivity index (χ0) is 19.7. The van der Waals surface area contributed by atoms with Crippen LogP contribution in [0.3, 0.4) is 0 Å². The van der Waals surface area contributed by atoms with Crippen LogP contribution in [-0.4, -0.2) is 37.4 Å². The second kappa shape index (κ2) is 7.56. The average molecular weight is 401 g/mol. The van der Waals surface area contributed by atoms with Gasteiger partial charge in [0.2, 0.25) is 5.95 Å². The number of hydrogen-bond acceptors (Lipinski definition) is 6. The maximum atomic E-state index is 11.1. The van der Waals surface area contributed by atoms with Crippen molar-refractivity contribution in [3.05, 3.63) is 35.6 Å². The van der Waals surface area contributed by atoms with E-state index in [1.54, 1.807) is 6.33 Å². The minimum Gasteiger partial charge on any atom is -0.371 e. The lowest BCUT2D eigenvalue weighted by molar-refractivity contribution is 0.00431. The van der Waals surface area contributed by atoms with Crippen molar-refractivity contribution in [1.29, 1.82) is 0 Å². The molecule has 3 aromatic rings. The van der Waals surface area contributed by atoms with E-state index in [-0.39, 0.29) is 0 Å². The lowest BCUT2D eigenvalue weighted by atomic mass is 9.91. The van der Waals surface area contributed by atoms with E-state index in [9.17, 15) is 5.11 Å². The standard InChI is InChI=1S/C20H25ClN6O/c1-3-27-13-22-16-17(23-15-9-7-8-14(21)12-15)24-19(25-18(16)27)26(2)20(28)10-5-4-6-11-20/h7-9,12-13,28H,3-6,10-11H2,1-2H3,(H,23,24,25). The maximum Gasteiger partial charge on any atom is 0.231 e. The van der Waals surface area contributed by atoms with Crippen LogP contribution in [0.25, 0.3) is 11.2 Å². The van der Waals surface area contributed by atoms with E-state index in [4.69, 9.17) is 21.6 Å². The van der Waals surface area contributed by atoms with Gasteiger partial charge in [-0.2, -0.15) is 9.97 Å². The predicted molar refractivity (Wildman–Crippen MR) is 112 cm³/mol. The molecule has 0 atom stereocenters. The highest BCUT2D eigenvalue weighted by atomic mass is 35.5. The number of rotatable bonds is 5. The van der Waals surface area contributed by atoms with Crippen LogP contribution in [0.1, 0.15) is 39.0 Å². The van der Waals surface area contributed by atoms with E-state index in [0.717, 1.165) is 50.0 Å². The zero-order valence-electron chi connectivity index (χ0n) is 16.2. The normalized spacial score (nSPS) is 16.3. The molecule has 148 valence electrons. The summed E-state index contributed by atoms with van der Waals surface area (Å²) in [7, 11) is 1.86. The molecule has 0 saturated heterocycles. The lowest BCUT2D eigenvalue weighted by Crippen LogP contribution is -2.48. The third-order valence-corrected chi connectivity index (χ3v) is 5.69. The molecule has 0 amide bonds. The predicted octanol–water partition coefficient (Wildman–Crippen LogP) is 4.33. The number of nitrogens with one attached hydrogen (secondary N) is 1. The fraction of sp³-hybridized carbons (Fsp3) is 0.450. The van der Waals surface area contributed by atoms with Gasteiger partial charge in [0.05, 0.1) is 6.33 Å². The van der Waals surface area contributed by atoms with Crippen molar-refractivity contribution >= 4 is 40.2 Å². The van der Waals surface area contributed by atoms with Crippen LogP contribution in [-0.2, 0) is 6.54 Å². The fourth-order valence-electron chi connectivity index (χ4n) is 3.74. The van der Waals surface area contributed by atoms with Crippen molar-refractivity contribution in [2.24, 2.45) is 0 Å². The first-order valence-corrected chi connectivity index (χ1v) is 10.1. The van der Waals surface area contributed by atoms with Gasteiger partial charge in [0.25, 0.3) is 0 Å². The van der Waals surface area contributed by atoms with E-state index < -0.39 is 5.72 Å². The first kappa shape index (κ1) is 19.0. The molecule has 4 rings (SSSR count). The van der Waals surface area contributed by atoms with Crippen molar-refractivity contribution < 1.29 is 5.11 Å². The molecule has 1 aliphatic rings. The van der Waals surface area contributed by atoms with Gasteiger partial charge in [0.1, 0.15) is 5.72 Å². The van der Waals surface area contributed by atoms with E-state index in [1.807, 2.05) is 47.7 Å². The number of imidazole rings is 1. The fourth-order valence-corrected chi connectivity index (χ4v) is 3.93. The Labute approximate surface area is 169 Å².